The van der Waals surface area contributed by atoms with E-state index in [-0.39, 0.29) is 17.9 Å². The highest BCUT2D eigenvalue weighted by molar-refractivity contribution is 6.27. The van der Waals surface area contributed by atoms with E-state index in [9.17, 15) is 18.0 Å². The highest BCUT2D eigenvalue weighted by Gasteiger charge is 2.40. The second kappa shape index (κ2) is 9.29. The van der Waals surface area contributed by atoms with Crippen molar-refractivity contribution >= 4 is 22.7 Å². The Morgan fingerprint density at radius 1 is 1.18 bits per heavy atom. The minimum absolute atomic E-state index is 0.00152. The molecule has 3 heterocycles. The van der Waals surface area contributed by atoms with Crippen molar-refractivity contribution in [2.45, 2.75) is 52.1 Å². The topological polar surface area (TPSA) is 59.6 Å². The van der Waals surface area contributed by atoms with Crippen LogP contribution < -0.4 is 0 Å². The predicted octanol–water partition coefficient (Wildman–Crippen LogP) is 5.66. The van der Waals surface area contributed by atoms with E-state index >= 15 is 0 Å². The monoisotopic (exact) mass is 454 g/mol. The van der Waals surface area contributed by atoms with E-state index < -0.39 is 11.9 Å². The number of fused-ring (bicyclic) bond motifs is 1. The third-order valence-electron chi connectivity index (χ3n) is 5.83. The number of hydrogen-bond donors (Lipinski definition) is 0. The first-order valence-electron chi connectivity index (χ1n) is 11.1. The fraction of sp³-hybridized carbons (Fsp3) is 0.360. The van der Waals surface area contributed by atoms with Gasteiger partial charge in [-0.05, 0) is 24.0 Å². The molecule has 3 aromatic rings. The lowest BCUT2D eigenvalue weighted by atomic mass is 9.95. The summed E-state index contributed by atoms with van der Waals surface area (Å²) in [6, 6.07) is 5.81. The molecule has 0 fully saturated rings. The second-order valence-electron chi connectivity index (χ2n) is 8.06. The van der Waals surface area contributed by atoms with E-state index in [2.05, 4.69) is 21.9 Å². The number of carbonyl (C=O) groups excluding carboxylic acids is 1. The average molecular weight is 454 g/mol. The van der Waals surface area contributed by atoms with Crippen LogP contribution in [0.3, 0.4) is 0 Å². The summed E-state index contributed by atoms with van der Waals surface area (Å²) in [5.41, 5.74) is 3.38. The molecule has 0 N–H and O–H groups in total. The van der Waals surface area contributed by atoms with Crippen LogP contribution in [0, 0.1) is 0 Å². The van der Waals surface area contributed by atoms with Gasteiger partial charge in [0.15, 0.2) is 11.4 Å². The molecule has 4 rings (SSSR count). The van der Waals surface area contributed by atoms with Crippen LogP contribution in [0.2, 0.25) is 0 Å². The molecule has 0 unspecified atom stereocenters. The van der Waals surface area contributed by atoms with Gasteiger partial charge in [-0.15, -0.1) is 0 Å². The number of aryl methyl sites for hydroxylation is 1. The first-order chi connectivity index (χ1) is 15.8. The first-order valence-corrected chi connectivity index (χ1v) is 11.1. The fourth-order valence-corrected chi connectivity index (χ4v) is 4.16. The van der Waals surface area contributed by atoms with Crippen LogP contribution in [-0.2, 0) is 12.8 Å². The summed E-state index contributed by atoms with van der Waals surface area (Å²) in [5.74, 6) is 0.158. The molecule has 172 valence electrons. The van der Waals surface area contributed by atoms with Crippen LogP contribution in [0.25, 0.3) is 11.2 Å². The number of halogens is 3. The molecule has 1 aliphatic rings. The van der Waals surface area contributed by atoms with Crippen molar-refractivity contribution in [1.29, 1.82) is 0 Å². The van der Waals surface area contributed by atoms with Gasteiger partial charge in [0.25, 0.3) is 0 Å². The van der Waals surface area contributed by atoms with Crippen molar-refractivity contribution in [3.8, 4) is 0 Å². The molecule has 0 saturated heterocycles. The van der Waals surface area contributed by atoms with Gasteiger partial charge in [0.05, 0.1) is 24.1 Å². The summed E-state index contributed by atoms with van der Waals surface area (Å²) >= 11 is 0. The lowest BCUT2D eigenvalue weighted by Crippen LogP contribution is -2.23. The molecule has 33 heavy (non-hydrogen) atoms. The predicted molar refractivity (Wildman–Crippen MR) is 122 cm³/mol. The molecular weight excluding hydrogens is 429 g/mol. The molecule has 0 amide bonds. The summed E-state index contributed by atoms with van der Waals surface area (Å²) < 4.78 is 41.7. The van der Waals surface area contributed by atoms with Gasteiger partial charge in [0.1, 0.15) is 5.71 Å². The Hall–Kier alpha value is -3.29. The van der Waals surface area contributed by atoms with Crippen molar-refractivity contribution in [2.75, 3.05) is 6.54 Å². The first kappa shape index (κ1) is 22.9. The number of ketones is 1. The van der Waals surface area contributed by atoms with Gasteiger partial charge in [-0.3, -0.25) is 19.2 Å². The zero-order valence-electron chi connectivity index (χ0n) is 18.6. The summed E-state index contributed by atoms with van der Waals surface area (Å²) in [6.07, 6.45) is 5.14. The number of rotatable bonds is 8. The third kappa shape index (κ3) is 4.60. The maximum Gasteiger partial charge on any atom is 0.433 e. The summed E-state index contributed by atoms with van der Waals surface area (Å²) in [6.45, 7) is 4.08. The Morgan fingerprint density at radius 3 is 2.73 bits per heavy atom. The van der Waals surface area contributed by atoms with Crippen molar-refractivity contribution in [1.82, 2.24) is 14.4 Å². The SMILES string of the molecule is CCCCC(=O)c1ccc(Cc2nccn3c(C4=CCN=C4C(F)(F)F)cnc23)cc1CC. The normalized spacial score (nSPS) is 14.0. The van der Waals surface area contributed by atoms with E-state index in [1.165, 1.54) is 12.3 Å². The lowest BCUT2D eigenvalue weighted by Gasteiger charge is -2.12. The maximum absolute atomic E-state index is 13.4. The zero-order chi connectivity index (χ0) is 23.6. The summed E-state index contributed by atoms with van der Waals surface area (Å²) in [5, 5.41) is 0. The van der Waals surface area contributed by atoms with E-state index in [1.54, 1.807) is 16.8 Å². The number of aromatic nitrogens is 3. The molecule has 0 spiro atoms. The smallest absolute Gasteiger partial charge is 0.297 e. The number of Topliss-reactive ketones (excluding diaryl/α,β-unsaturated/α-hetero) is 1. The maximum atomic E-state index is 13.4. The lowest BCUT2D eigenvalue weighted by molar-refractivity contribution is -0.0571. The molecule has 0 bridgehead atoms. The number of imidazole rings is 1. The summed E-state index contributed by atoms with van der Waals surface area (Å²) in [7, 11) is 0. The number of unbranched alkanes of at least 4 members (excludes halogenated alkanes) is 1. The van der Waals surface area contributed by atoms with Crippen LogP contribution in [0.4, 0.5) is 13.2 Å². The number of benzene rings is 1. The van der Waals surface area contributed by atoms with E-state index in [0.29, 0.717) is 29.9 Å². The highest BCUT2D eigenvalue weighted by atomic mass is 19.4. The molecule has 1 aromatic carbocycles. The van der Waals surface area contributed by atoms with Crippen molar-refractivity contribution in [2.24, 2.45) is 4.99 Å². The Bertz CT molecular complexity index is 1250. The van der Waals surface area contributed by atoms with Crippen molar-refractivity contribution in [3.05, 3.63) is 70.9 Å². The van der Waals surface area contributed by atoms with Crippen LogP contribution in [0.15, 0.2) is 47.9 Å². The zero-order valence-corrected chi connectivity index (χ0v) is 18.6. The Kier molecular flexibility index (Phi) is 6.44. The molecule has 0 atom stereocenters. The Morgan fingerprint density at radius 2 is 2.00 bits per heavy atom. The molecule has 5 nitrogen and oxygen atoms in total. The summed E-state index contributed by atoms with van der Waals surface area (Å²) in [4.78, 5) is 25.0. The molecule has 0 radical (unpaired) electrons. The number of carbonyl (C=O) groups is 1. The van der Waals surface area contributed by atoms with Crippen LogP contribution >= 0.6 is 0 Å². The number of allylic oxidation sites excluding steroid dienone is 1. The number of aliphatic imine (C=N–C) groups is 1. The molecule has 0 aliphatic carbocycles. The van der Waals surface area contributed by atoms with E-state index in [4.69, 9.17) is 0 Å². The van der Waals surface area contributed by atoms with Gasteiger partial charge in [-0.1, -0.05) is 44.5 Å². The number of nitrogens with zero attached hydrogens (tertiary/aromatic N) is 4. The number of alkyl halides is 3. The van der Waals surface area contributed by atoms with Gasteiger partial charge in [0.2, 0.25) is 0 Å². The Labute approximate surface area is 190 Å². The minimum Gasteiger partial charge on any atom is -0.297 e. The quantitative estimate of drug-likeness (QED) is 0.413. The fourth-order valence-electron chi connectivity index (χ4n) is 4.16. The Balaban J connectivity index is 1.65. The molecule has 0 saturated carbocycles. The average Bonchev–Trinajstić information content (AvgIpc) is 3.44. The van der Waals surface area contributed by atoms with Crippen molar-refractivity contribution in [3.63, 3.8) is 0 Å². The molecule has 8 heteroatoms. The van der Waals surface area contributed by atoms with Gasteiger partial charge in [0, 0.05) is 36.4 Å². The van der Waals surface area contributed by atoms with Crippen LogP contribution in [0.1, 0.15) is 66.0 Å². The molecule has 1 aliphatic heterocycles. The largest absolute Gasteiger partial charge is 0.433 e. The van der Waals surface area contributed by atoms with Crippen LogP contribution in [0.5, 0.6) is 0 Å². The van der Waals surface area contributed by atoms with Gasteiger partial charge < -0.3 is 0 Å². The van der Waals surface area contributed by atoms with Gasteiger partial charge in [-0.25, -0.2) is 4.98 Å². The van der Waals surface area contributed by atoms with E-state index in [0.717, 1.165) is 36.0 Å². The van der Waals surface area contributed by atoms with E-state index in [1.807, 2.05) is 25.1 Å². The van der Waals surface area contributed by atoms with Gasteiger partial charge in [-0.2, -0.15) is 13.2 Å². The standard InChI is InChI=1S/C25H25F3N4O/c1-3-5-6-22(33)18-8-7-16(13-17(18)4-2)14-20-24-31-15-21(32(24)12-11-29-20)19-9-10-30-23(19)25(26,27)28/h7-9,11-13,15H,3-6,10,14H2,1-2H3. The molecular formula is C25H25F3N4O. The minimum atomic E-state index is -4.52. The number of hydrogen-bond acceptors (Lipinski definition) is 4. The molecule has 2 aromatic heterocycles. The third-order valence-corrected chi connectivity index (χ3v) is 5.83. The van der Waals surface area contributed by atoms with Crippen molar-refractivity contribution < 1.29 is 18.0 Å². The second-order valence-corrected chi connectivity index (χ2v) is 8.06. The highest BCUT2D eigenvalue weighted by Crippen LogP contribution is 2.32. The van der Waals surface area contributed by atoms with Gasteiger partial charge >= 0.3 is 6.18 Å². The van der Waals surface area contributed by atoms with Crippen LogP contribution in [-0.4, -0.2) is 38.6 Å².